The van der Waals surface area contributed by atoms with E-state index in [1.165, 1.54) is 31.4 Å². The molecule has 2 heterocycles. The first-order valence-corrected chi connectivity index (χ1v) is 26.7. The van der Waals surface area contributed by atoms with Gasteiger partial charge in [-0.1, -0.05) is 85.7 Å². The molecule has 1 amide bonds. The molecule has 2 aromatic carbocycles. The van der Waals surface area contributed by atoms with Crippen LogP contribution in [0.15, 0.2) is 60.8 Å². The molecule has 7 aliphatic carbocycles. The Balaban J connectivity index is 0.859. The van der Waals surface area contributed by atoms with Gasteiger partial charge in [-0.05, 0) is 200 Å². The van der Waals surface area contributed by atoms with E-state index in [1.54, 1.807) is 12.1 Å². The molecule has 8 aliphatic rings. The zero-order chi connectivity index (χ0) is 48.0. The first-order chi connectivity index (χ1) is 32.2. The Kier molecular flexibility index (Phi) is 10.6. The number of benzene rings is 2. The van der Waals surface area contributed by atoms with E-state index in [2.05, 4.69) is 51.4 Å². The average Bonchev–Trinajstić information content (AvgIpc) is 3.67. The van der Waals surface area contributed by atoms with Gasteiger partial charge in [0.2, 0.25) is 5.91 Å². The highest BCUT2D eigenvalue weighted by Gasteiger charge is 2.77. The van der Waals surface area contributed by atoms with Crippen LogP contribution in [-0.2, 0) is 25.7 Å². The van der Waals surface area contributed by atoms with E-state index in [-0.39, 0.29) is 57.4 Å². The molecule has 0 spiro atoms. The average molecular weight is 928 g/mol. The Morgan fingerprint density at radius 1 is 0.765 bits per heavy atom. The van der Waals surface area contributed by atoms with E-state index in [9.17, 15) is 19.1 Å². The normalized spacial score (nSPS) is 41.6. The first-order valence-electron chi connectivity index (χ1n) is 26.7. The SMILES string of the molecule is CC1([C@@H]2CC[C@]3(C(=O)N4CCC[C@H]4c4ncc(-c5ccc(F)cc5)[nH]4)CC[C@]4(C)[C@H](CC[C@@H]5[C@]6(C)CC[C@H](C7(C(=O)O)CC(C(=O)OCc8ccccc8)C7(C)C)C(C)(C)[C@H]6CC[C@]54C)[C@@H]23)CC1. The van der Waals surface area contributed by atoms with Crippen LogP contribution in [0.1, 0.15) is 169 Å². The highest BCUT2D eigenvalue weighted by atomic mass is 19.1. The van der Waals surface area contributed by atoms with Gasteiger partial charge in [-0.2, -0.15) is 0 Å². The summed E-state index contributed by atoms with van der Waals surface area (Å²) in [5, 5.41) is 11.4. The Labute approximate surface area is 404 Å². The number of likely N-dealkylation sites (tertiary alicyclic amines) is 1. The quantitative estimate of drug-likeness (QED) is 0.207. The number of carbonyl (C=O) groups is 3. The molecular formula is C59H78FN3O5. The fourth-order valence-electron chi connectivity index (χ4n) is 19.4. The van der Waals surface area contributed by atoms with Crippen LogP contribution in [0.3, 0.4) is 0 Å². The van der Waals surface area contributed by atoms with Crippen molar-refractivity contribution >= 4 is 17.8 Å². The van der Waals surface area contributed by atoms with Crippen LogP contribution in [0.4, 0.5) is 4.39 Å². The summed E-state index contributed by atoms with van der Waals surface area (Å²) in [4.78, 5) is 54.1. The van der Waals surface area contributed by atoms with Gasteiger partial charge in [0.15, 0.2) is 0 Å². The van der Waals surface area contributed by atoms with E-state index in [0.717, 1.165) is 99.8 Å². The van der Waals surface area contributed by atoms with Gasteiger partial charge in [0.05, 0.1) is 34.7 Å². The number of hydrogen-bond acceptors (Lipinski definition) is 5. The van der Waals surface area contributed by atoms with Crippen molar-refractivity contribution in [3.8, 4) is 11.3 Å². The van der Waals surface area contributed by atoms with Crippen LogP contribution in [-0.4, -0.2) is 44.4 Å². The van der Waals surface area contributed by atoms with Gasteiger partial charge in [-0.15, -0.1) is 0 Å². The number of halogens is 1. The molecule has 2 N–H and O–H groups in total. The minimum absolute atomic E-state index is 0.0556. The van der Waals surface area contributed by atoms with Gasteiger partial charge in [-0.3, -0.25) is 14.4 Å². The van der Waals surface area contributed by atoms with E-state index >= 15 is 4.79 Å². The summed E-state index contributed by atoms with van der Waals surface area (Å²) in [5.41, 5.74) is 0.895. The van der Waals surface area contributed by atoms with Gasteiger partial charge in [0, 0.05) is 6.54 Å². The van der Waals surface area contributed by atoms with Crippen LogP contribution >= 0.6 is 0 Å². The maximum Gasteiger partial charge on any atom is 0.310 e. The Morgan fingerprint density at radius 3 is 2.18 bits per heavy atom. The number of aromatic nitrogens is 2. The van der Waals surface area contributed by atoms with Crippen molar-refractivity contribution < 1.29 is 28.6 Å². The number of H-pyrrole nitrogens is 1. The van der Waals surface area contributed by atoms with E-state index < -0.39 is 22.7 Å². The molecule has 9 heteroatoms. The number of esters is 1. The summed E-state index contributed by atoms with van der Waals surface area (Å²) in [6, 6.07) is 16.2. The fraction of sp³-hybridized carbons (Fsp3) is 0.695. The predicted octanol–water partition coefficient (Wildman–Crippen LogP) is 13.2. The second-order valence-corrected chi connectivity index (χ2v) is 26.3. The number of nitrogens with one attached hydrogen (secondary N) is 1. The highest BCUT2D eigenvalue weighted by Crippen LogP contribution is 2.81. The Hall–Kier alpha value is -4.01. The molecule has 0 bridgehead atoms. The number of aliphatic carboxylic acids is 1. The molecule has 2 unspecified atom stereocenters. The van der Waals surface area contributed by atoms with Crippen molar-refractivity contribution in [1.82, 2.24) is 14.9 Å². The Morgan fingerprint density at radius 2 is 1.49 bits per heavy atom. The third-order valence-electron chi connectivity index (χ3n) is 23.4. The lowest BCUT2D eigenvalue weighted by Crippen LogP contribution is -2.71. The van der Waals surface area contributed by atoms with E-state index in [1.807, 2.05) is 50.4 Å². The number of amides is 1. The van der Waals surface area contributed by atoms with Gasteiger partial charge >= 0.3 is 11.9 Å². The van der Waals surface area contributed by atoms with Gasteiger partial charge in [0.25, 0.3) is 0 Å². The maximum atomic E-state index is 15.8. The molecule has 8 nitrogen and oxygen atoms in total. The zero-order valence-electron chi connectivity index (χ0n) is 42.3. The molecule has 0 radical (unpaired) electrons. The zero-order valence-corrected chi connectivity index (χ0v) is 42.3. The minimum atomic E-state index is -1.01. The number of imidazole rings is 1. The summed E-state index contributed by atoms with van der Waals surface area (Å²) >= 11 is 0. The second kappa shape index (κ2) is 15.5. The maximum absolute atomic E-state index is 15.8. The molecule has 68 heavy (non-hydrogen) atoms. The largest absolute Gasteiger partial charge is 0.481 e. The number of aromatic amines is 1. The summed E-state index contributed by atoms with van der Waals surface area (Å²) in [7, 11) is 0. The number of carbonyl (C=O) groups excluding carboxylic acids is 2. The number of rotatable bonds is 9. The van der Waals surface area contributed by atoms with Crippen LogP contribution in [0.25, 0.3) is 11.3 Å². The lowest BCUT2D eigenvalue weighted by molar-refractivity contribution is -0.270. The van der Waals surface area contributed by atoms with E-state index in [4.69, 9.17) is 9.72 Å². The molecule has 13 atom stereocenters. The van der Waals surface area contributed by atoms with Crippen LogP contribution < -0.4 is 0 Å². The van der Waals surface area contributed by atoms with Crippen molar-refractivity contribution in [3.63, 3.8) is 0 Å². The van der Waals surface area contributed by atoms with E-state index in [0.29, 0.717) is 47.3 Å². The van der Waals surface area contributed by atoms with Crippen molar-refractivity contribution in [2.75, 3.05) is 6.54 Å². The van der Waals surface area contributed by atoms with Crippen molar-refractivity contribution in [1.29, 1.82) is 0 Å². The summed E-state index contributed by atoms with van der Waals surface area (Å²) < 4.78 is 19.7. The number of carboxylic acid groups (broad SMARTS) is 1. The topological polar surface area (TPSA) is 113 Å². The van der Waals surface area contributed by atoms with Gasteiger partial charge < -0.3 is 19.7 Å². The monoisotopic (exact) mass is 928 g/mol. The third kappa shape index (κ3) is 6.26. The van der Waals surface area contributed by atoms with Crippen molar-refractivity contribution in [3.05, 3.63) is 78.0 Å². The van der Waals surface area contributed by atoms with Crippen LogP contribution in [0, 0.1) is 90.6 Å². The van der Waals surface area contributed by atoms with Crippen molar-refractivity contribution in [2.24, 2.45) is 84.7 Å². The summed E-state index contributed by atoms with van der Waals surface area (Å²) in [6.07, 6.45) is 17.2. The molecule has 1 aromatic heterocycles. The van der Waals surface area contributed by atoms with Gasteiger partial charge in [0.1, 0.15) is 18.2 Å². The minimum Gasteiger partial charge on any atom is -0.481 e. The lowest BCUT2D eigenvalue weighted by Gasteiger charge is -2.75. The summed E-state index contributed by atoms with van der Waals surface area (Å²) in [5.74, 6) is 1.73. The number of hydrogen-bond donors (Lipinski definition) is 2. The number of fused-ring (bicyclic) bond motifs is 7. The fourth-order valence-corrected chi connectivity index (χ4v) is 19.4. The smallest absolute Gasteiger partial charge is 0.310 e. The first kappa shape index (κ1) is 46.4. The third-order valence-corrected chi connectivity index (χ3v) is 23.4. The Bertz CT molecular complexity index is 2480. The van der Waals surface area contributed by atoms with Crippen LogP contribution in [0.2, 0.25) is 0 Å². The second-order valence-electron chi connectivity index (χ2n) is 26.3. The predicted molar refractivity (Wildman–Crippen MR) is 261 cm³/mol. The number of ether oxygens (including phenoxy) is 1. The standard InChI is InChI=1S/C59H78FN3O5/c1-52(2)44-24-26-57(8)46(55(44,6)25-23-45(52)59(51(66)67)33-41(53(59,3)4)49(64)68-35-36-13-10-9-11-14-36)21-20-40-47-39(54(5)28-29-54)22-27-58(47,31-30-56(40,57)7)50(65)63-32-12-15-43(63)48-61-34-42(62-48)37-16-18-38(60)19-17-37/h9-11,13-14,16-19,34,39-41,43-47H,12,15,20-33,35H2,1-8H3,(H,61,62)(H,66,67)/t39-,40-,41?,43+,44-,45+,46-,47-,55-,56-,57-,58+,59?/m1/s1. The van der Waals surface area contributed by atoms with Gasteiger partial charge in [-0.25, -0.2) is 9.37 Å². The molecule has 8 fully saturated rings. The molecule has 3 aromatic rings. The highest BCUT2D eigenvalue weighted by molar-refractivity contribution is 5.85. The molecule has 1 aliphatic heterocycles. The van der Waals surface area contributed by atoms with Crippen LogP contribution in [0.5, 0.6) is 0 Å². The molecular weight excluding hydrogens is 850 g/mol. The molecule has 366 valence electrons. The van der Waals surface area contributed by atoms with Crippen molar-refractivity contribution in [2.45, 2.75) is 164 Å². The molecule has 11 rings (SSSR count). The lowest BCUT2D eigenvalue weighted by atomic mass is 9.29. The molecule has 7 saturated carbocycles. The number of nitrogens with zero attached hydrogens (tertiary/aromatic N) is 2. The number of carboxylic acids is 1. The molecule has 1 saturated heterocycles. The summed E-state index contributed by atoms with van der Waals surface area (Å²) in [6.45, 7) is 20.3.